The van der Waals surface area contributed by atoms with Gasteiger partial charge >= 0.3 is 0 Å². The minimum Gasteiger partial charge on any atom is -0.456 e. The summed E-state index contributed by atoms with van der Waals surface area (Å²) >= 11 is 0. The minimum atomic E-state index is -0.478. The number of anilines is 3. The summed E-state index contributed by atoms with van der Waals surface area (Å²) in [5.74, 6) is 0. The monoisotopic (exact) mass is 789 g/mol. The van der Waals surface area contributed by atoms with Gasteiger partial charge in [-0.3, -0.25) is 0 Å². The molecule has 3 nitrogen and oxygen atoms in total. The van der Waals surface area contributed by atoms with Crippen molar-refractivity contribution in [2.75, 3.05) is 4.90 Å². The molecule has 0 N–H and O–H groups in total. The van der Waals surface area contributed by atoms with Crippen molar-refractivity contribution in [1.82, 2.24) is 0 Å². The molecule has 2 aromatic heterocycles. The van der Waals surface area contributed by atoms with Gasteiger partial charge in [0.05, 0.1) is 11.1 Å². The largest absolute Gasteiger partial charge is 0.456 e. The van der Waals surface area contributed by atoms with Crippen molar-refractivity contribution in [3.8, 4) is 33.4 Å². The Labute approximate surface area is 357 Å². The number of rotatable bonds is 4. The van der Waals surface area contributed by atoms with E-state index in [9.17, 15) is 0 Å². The maximum atomic E-state index is 6.88. The van der Waals surface area contributed by atoms with Crippen molar-refractivity contribution in [3.63, 3.8) is 0 Å². The summed E-state index contributed by atoms with van der Waals surface area (Å²) in [6.45, 7) is 0. The molecule has 10 aromatic carbocycles. The molecular weight excluding hydrogens is 755 g/mol. The van der Waals surface area contributed by atoms with Crippen LogP contribution in [0.15, 0.2) is 221 Å². The van der Waals surface area contributed by atoms with Crippen molar-refractivity contribution >= 4 is 71.7 Å². The molecular formula is C59H35NO2. The molecule has 0 aliphatic heterocycles. The van der Waals surface area contributed by atoms with Gasteiger partial charge in [-0.05, 0) is 110 Å². The first-order valence-electron chi connectivity index (χ1n) is 21.3. The minimum absolute atomic E-state index is 0.478. The highest BCUT2D eigenvalue weighted by molar-refractivity contribution is 6.14. The van der Waals surface area contributed by atoms with E-state index in [2.05, 4.69) is 205 Å². The molecule has 0 fully saturated rings. The van der Waals surface area contributed by atoms with E-state index in [0.717, 1.165) is 72.1 Å². The third-order valence-corrected chi connectivity index (χ3v) is 13.7. The molecule has 2 aliphatic carbocycles. The molecule has 0 bridgehead atoms. The normalized spacial score (nSPS) is 13.3. The van der Waals surface area contributed by atoms with E-state index in [-0.39, 0.29) is 0 Å². The van der Waals surface area contributed by atoms with Crippen molar-refractivity contribution in [1.29, 1.82) is 0 Å². The molecule has 14 rings (SSSR count). The Hall–Kier alpha value is -8.14. The number of para-hydroxylation sites is 3. The second-order valence-corrected chi connectivity index (χ2v) is 16.7. The summed E-state index contributed by atoms with van der Waals surface area (Å²) in [5.41, 5.74) is 18.7. The van der Waals surface area contributed by atoms with Crippen LogP contribution in [0.2, 0.25) is 0 Å². The lowest BCUT2D eigenvalue weighted by Crippen LogP contribution is -2.26. The van der Waals surface area contributed by atoms with Gasteiger partial charge in [0, 0.05) is 44.0 Å². The molecule has 62 heavy (non-hydrogen) atoms. The van der Waals surface area contributed by atoms with Gasteiger partial charge in [0.15, 0.2) is 0 Å². The fourth-order valence-corrected chi connectivity index (χ4v) is 11.1. The highest BCUT2D eigenvalue weighted by Crippen LogP contribution is 2.63. The fraction of sp³-hybridized carbons (Fsp3) is 0.0169. The molecule has 0 unspecified atom stereocenters. The molecule has 0 saturated carbocycles. The van der Waals surface area contributed by atoms with Crippen LogP contribution in [0, 0.1) is 0 Å². The first-order valence-corrected chi connectivity index (χ1v) is 21.3. The summed E-state index contributed by atoms with van der Waals surface area (Å²) in [6.07, 6.45) is 0. The van der Waals surface area contributed by atoms with Crippen LogP contribution in [0.4, 0.5) is 17.1 Å². The third kappa shape index (κ3) is 4.44. The summed E-state index contributed by atoms with van der Waals surface area (Å²) in [4.78, 5) is 2.44. The molecule has 12 aromatic rings. The van der Waals surface area contributed by atoms with Crippen molar-refractivity contribution < 1.29 is 8.83 Å². The molecule has 0 saturated heterocycles. The lowest BCUT2D eigenvalue weighted by Gasteiger charge is -2.32. The Morgan fingerprint density at radius 3 is 1.60 bits per heavy atom. The molecule has 2 heterocycles. The maximum Gasteiger partial charge on any atom is 0.143 e. The predicted molar refractivity (Wildman–Crippen MR) is 255 cm³/mol. The fourth-order valence-electron chi connectivity index (χ4n) is 11.1. The molecule has 0 radical (unpaired) electrons. The van der Waals surface area contributed by atoms with Crippen molar-refractivity contribution in [3.05, 3.63) is 235 Å². The van der Waals surface area contributed by atoms with Gasteiger partial charge in [-0.15, -0.1) is 0 Å². The van der Waals surface area contributed by atoms with Crippen LogP contribution in [0.25, 0.3) is 88.0 Å². The van der Waals surface area contributed by atoms with E-state index in [1.54, 1.807) is 0 Å². The standard InChI is InChI=1S/C59H35NO2/c1-2-15-37-33-57-48(32-36(37)14-1)47-22-13-21-46(58(47)62-57)44-19-6-11-26-54(44)60(38-29-31-56-49(34-38)45-20-7-12-27-55(45)61-56)39-28-30-43-42-18-5-10-25-52(42)59(53(43)35-39)50-23-8-3-16-40(50)41-17-4-9-24-51(41)59/h1-35H. The number of hydrogen-bond donors (Lipinski definition) is 0. The lowest BCUT2D eigenvalue weighted by atomic mass is 9.70. The van der Waals surface area contributed by atoms with Gasteiger partial charge in [-0.1, -0.05) is 158 Å². The molecule has 3 heteroatoms. The number of fused-ring (bicyclic) bond motifs is 17. The maximum absolute atomic E-state index is 6.88. The predicted octanol–water partition coefficient (Wildman–Crippen LogP) is 16.1. The zero-order valence-corrected chi connectivity index (χ0v) is 33.5. The SMILES string of the molecule is c1ccc(N(c2ccc3c(c2)C2(c4ccccc4-c4ccccc42)c2ccccc2-3)c2ccc3oc4ccccc4c3c2)c(-c2cccc3c2oc2cc4ccccc4cc23)c1. The summed E-state index contributed by atoms with van der Waals surface area (Å²) < 4.78 is 13.3. The van der Waals surface area contributed by atoms with Crippen LogP contribution >= 0.6 is 0 Å². The zero-order chi connectivity index (χ0) is 40.5. The molecule has 1 spiro atoms. The van der Waals surface area contributed by atoms with E-state index < -0.39 is 5.41 Å². The average Bonchev–Trinajstić information content (AvgIpc) is 4.06. The summed E-state index contributed by atoms with van der Waals surface area (Å²) in [6, 6.07) is 77.4. The van der Waals surface area contributed by atoms with E-state index in [1.165, 1.54) is 55.3 Å². The van der Waals surface area contributed by atoms with E-state index in [4.69, 9.17) is 8.83 Å². The second-order valence-electron chi connectivity index (χ2n) is 16.7. The first kappa shape index (κ1) is 33.7. The van der Waals surface area contributed by atoms with Crippen LogP contribution in [0.3, 0.4) is 0 Å². The van der Waals surface area contributed by atoms with Gasteiger partial charge in [-0.25, -0.2) is 0 Å². The number of furan rings is 2. The Morgan fingerprint density at radius 2 is 0.839 bits per heavy atom. The first-order chi connectivity index (χ1) is 30.7. The highest BCUT2D eigenvalue weighted by Gasteiger charge is 2.51. The van der Waals surface area contributed by atoms with Gasteiger partial charge in [0.2, 0.25) is 0 Å². The van der Waals surface area contributed by atoms with E-state index in [1.807, 2.05) is 12.1 Å². The van der Waals surface area contributed by atoms with E-state index >= 15 is 0 Å². The van der Waals surface area contributed by atoms with Gasteiger partial charge in [-0.2, -0.15) is 0 Å². The lowest BCUT2D eigenvalue weighted by molar-refractivity contribution is 0.669. The third-order valence-electron chi connectivity index (χ3n) is 13.7. The number of benzene rings is 10. The van der Waals surface area contributed by atoms with Crippen LogP contribution in [0.5, 0.6) is 0 Å². The van der Waals surface area contributed by atoms with Crippen LogP contribution in [0.1, 0.15) is 22.3 Å². The molecule has 288 valence electrons. The van der Waals surface area contributed by atoms with Crippen LogP contribution < -0.4 is 4.90 Å². The van der Waals surface area contributed by atoms with Gasteiger partial charge in [0.25, 0.3) is 0 Å². The van der Waals surface area contributed by atoms with Gasteiger partial charge in [0.1, 0.15) is 22.3 Å². The second kappa shape index (κ2) is 12.4. The zero-order valence-electron chi connectivity index (χ0n) is 33.5. The van der Waals surface area contributed by atoms with E-state index in [0.29, 0.717) is 0 Å². The Kier molecular flexibility index (Phi) is 6.76. The Morgan fingerprint density at radius 1 is 0.306 bits per heavy atom. The van der Waals surface area contributed by atoms with Gasteiger partial charge < -0.3 is 13.7 Å². The highest BCUT2D eigenvalue weighted by atomic mass is 16.3. The van der Waals surface area contributed by atoms with Crippen molar-refractivity contribution in [2.24, 2.45) is 0 Å². The van der Waals surface area contributed by atoms with Crippen LogP contribution in [-0.4, -0.2) is 0 Å². The number of hydrogen-bond acceptors (Lipinski definition) is 3. The summed E-state index contributed by atoms with van der Waals surface area (Å²) in [7, 11) is 0. The smallest absolute Gasteiger partial charge is 0.143 e. The number of nitrogens with zero attached hydrogens (tertiary/aromatic N) is 1. The average molecular weight is 790 g/mol. The Balaban J connectivity index is 1.05. The Bertz CT molecular complexity index is 3780. The molecule has 2 aliphatic rings. The van der Waals surface area contributed by atoms with Crippen LogP contribution in [-0.2, 0) is 5.41 Å². The van der Waals surface area contributed by atoms with Crippen molar-refractivity contribution in [2.45, 2.75) is 5.41 Å². The topological polar surface area (TPSA) is 29.5 Å². The summed E-state index contributed by atoms with van der Waals surface area (Å²) in [5, 5.41) is 6.76. The molecule has 0 atom stereocenters. The molecule has 0 amide bonds. The quantitative estimate of drug-likeness (QED) is 0.178.